The molecule has 1 aliphatic rings. The summed E-state index contributed by atoms with van der Waals surface area (Å²) in [7, 11) is 0. The first-order valence-electron chi connectivity index (χ1n) is 5.53. The molecule has 0 saturated heterocycles. The normalized spacial score (nSPS) is 12.1. The molecule has 0 radical (unpaired) electrons. The zero-order valence-electron chi connectivity index (χ0n) is 9.43. The second-order valence-electron chi connectivity index (χ2n) is 4.38. The van der Waals surface area contributed by atoms with E-state index in [1.807, 2.05) is 25.1 Å². The van der Waals surface area contributed by atoms with Gasteiger partial charge in [-0.05, 0) is 41.2 Å². The van der Waals surface area contributed by atoms with Crippen LogP contribution in [0.25, 0.3) is 11.1 Å². The lowest BCUT2D eigenvalue weighted by Gasteiger charge is -2.04. The monoisotopic (exact) mass is 225 g/mol. The lowest BCUT2D eigenvalue weighted by atomic mass is 10.0. The van der Waals surface area contributed by atoms with Gasteiger partial charge >= 0.3 is 0 Å². The fraction of sp³-hybridized carbons (Fsp3) is 0.143. The third kappa shape index (κ3) is 1.43. The summed E-state index contributed by atoms with van der Waals surface area (Å²) in [5, 5.41) is 10.8. The number of rotatable bonds is 1. The fourth-order valence-electron chi connectivity index (χ4n) is 2.53. The summed E-state index contributed by atoms with van der Waals surface area (Å²) in [6.07, 6.45) is 0.879. The van der Waals surface area contributed by atoms with Crippen LogP contribution in [0.5, 0.6) is 0 Å². The van der Waals surface area contributed by atoms with Gasteiger partial charge in [-0.2, -0.15) is 0 Å². The smallest absolute Gasteiger partial charge is 0.258 e. The molecule has 0 fully saturated rings. The molecule has 0 heterocycles. The second kappa shape index (κ2) is 3.42. The predicted molar refractivity (Wildman–Crippen MR) is 66.1 cm³/mol. The van der Waals surface area contributed by atoms with Crippen molar-refractivity contribution in [2.45, 2.75) is 13.3 Å². The Labute approximate surface area is 98.9 Å². The number of nitro benzene ring substituents is 1. The third-order valence-electron chi connectivity index (χ3n) is 3.31. The van der Waals surface area contributed by atoms with Crippen LogP contribution in [-0.2, 0) is 6.42 Å². The summed E-state index contributed by atoms with van der Waals surface area (Å²) in [6.45, 7) is 2.05. The van der Waals surface area contributed by atoms with Crippen LogP contribution in [0.2, 0.25) is 0 Å². The summed E-state index contributed by atoms with van der Waals surface area (Å²) in [6, 6.07) is 11.3. The fourth-order valence-corrected chi connectivity index (χ4v) is 2.53. The molecule has 17 heavy (non-hydrogen) atoms. The molecule has 2 aromatic carbocycles. The van der Waals surface area contributed by atoms with Crippen molar-refractivity contribution in [2.75, 3.05) is 0 Å². The Bertz CT molecular complexity index is 632. The van der Waals surface area contributed by atoms with Gasteiger partial charge < -0.3 is 0 Å². The maximum absolute atomic E-state index is 10.8. The number of aryl methyl sites for hydroxylation is 1. The molecule has 0 spiro atoms. The van der Waals surface area contributed by atoms with Crippen molar-refractivity contribution < 1.29 is 4.92 Å². The highest BCUT2D eigenvalue weighted by atomic mass is 16.6. The molecule has 3 heteroatoms. The third-order valence-corrected chi connectivity index (χ3v) is 3.31. The second-order valence-corrected chi connectivity index (χ2v) is 4.38. The van der Waals surface area contributed by atoms with E-state index in [0.717, 1.165) is 12.0 Å². The quantitative estimate of drug-likeness (QED) is 0.470. The Balaban J connectivity index is 2.26. The van der Waals surface area contributed by atoms with E-state index in [9.17, 15) is 10.1 Å². The first-order valence-corrected chi connectivity index (χ1v) is 5.53. The number of nitro groups is 1. The van der Waals surface area contributed by atoms with Crippen molar-refractivity contribution in [3.05, 3.63) is 63.2 Å². The topological polar surface area (TPSA) is 43.1 Å². The molecule has 0 saturated carbocycles. The van der Waals surface area contributed by atoms with Gasteiger partial charge in [-0.3, -0.25) is 10.1 Å². The van der Waals surface area contributed by atoms with Crippen LogP contribution < -0.4 is 0 Å². The average Bonchev–Trinajstić information content (AvgIpc) is 2.67. The van der Waals surface area contributed by atoms with E-state index in [-0.39, 0.29) is 10.6 Å². The minimum absolute atomic E-state index is 0.167. The Morgan fingerprint density at radius 3 is 2.76 bits per heavy atom. The molecule has 84 valence electrons. The van der Waals surface area contributed by atoms with Crippen LogP contribution in [0.3, 0.4) is 0 Å². The Kier molecular flexibility index (Phi) is 2.01. The molecule has 1 aliphatic carbocycles. The molecule has 3 nitrogen and oxygen atoms in total. The van der Waals surface area contributed by atoms with Crippen molar-refractivity contribution in [2.24, 2.45) is 0 Å². The highest BCUT2D eigenvalue weighted by Crippen LogP contribution is 2.40. The van der Waals surface area contributed by atoms with Crippen molar-refractivity contribution in [3.63, 3.8) is 0 Å². The van der Waals surface area contributed by atoms with Crippen LogP contribution in [0, 0.1) is 17.0 Å². The van der Waals surface area contributed by atoms with Crippen LogP contribution in [0.4, 0.5) is 5.69 Å². The van der Waals surface area contributed by atoms with Gasteiger partial charge in [-0.25, -0.2) is 0 Å². The van der Waals surface area contributed by atoms with E-state index in [0.29, 0.717) is 0 Å². The number of non-ortho nitro benzene ring substituents is 1. The van der Waals surface area contributed by atoms with Crippen molar-refractivity contribution in [1.82, 2.24) is 0 Å². The Hall–Kier alpha value is -2.16. The van der Waals surface area contributed by atoms with E-state index >= 15 is 0 Å². The number of fused-ring (bicyclic) bond motifs is 3. The number of nitrogens with zero attached hydrogens (tertiary/aromatic N) is 1. The first kappa shape index (κ1) is 10.0. The summed E-state index contributed by atoms with van der Waals surface area (Å²) in [5.41, 5.74) is 5.99. The van der Waals surface area contributed by atoms with Crippen LogP contribution in [0.15, 0.2) is 36.4 Å². The summed E-state index contributed by atoms with van der Waals surface area (Å²) in [5.74, 6) is 0. The SMILES string of the molecule is Cc1cccc2c1-c1cc([N+](=O)[O-])ccc1C2. The highest BCUT2D eigenvalue weighted by Gasteiger charge is 2.22. The zero-order valence-corrected chi connectivity index (χ0v) is 9.43. The minimum atomic E-state index is -0.337. The standard InChI is InChI=1S/C14H11NO2/c1-9-3-2-4-11-7-10-5-6-12(15(16)17)8-13(10)14(9)11/h2-6,8H,7H2,1H3. The van der Waals surface area contributed by atoms with Gasteiger partial charge in [0.2, 0.25) is 0 Å². The molecule has 3 rings (SSSR count). The van der Waals surface area contributed by atoms with Gasteiger partial charge in [0.1, 0.15) is 0 Å². The van der Waals surface area contributed by atoms with Crippen LogP contribution >= 0.6 is 0 Å². The molecule has 0 unspecified atom stereocenters. The van der Waals surface area contributed by atoms with Gasteiger partial charge in [0.05, 0.1) is 4.92 Å². The van der Waals surface area contributed by atoms with E-state index in [2.05, 4.69) is 6.07 Å². The number of hydrogen-bond donors (Lipinski definition) is 0. The Morgan fingerprint density at radius 1 is 1.18 bits per heavy atom. The summed E-state index contributed by atoms with van der Waals surface area (Å²) >= 11 is 0. The Morgan fingerprint density at radius 2 is 2.00 bits per heavy atom. The predicted octanol–water partition coefficient (Wildman–Crippen LogP) is 3.47. The molecule has 0 N–H and O–H groups in total. The average molecular weight is 225 g/mol. The van der Waals surface area contributed by atoms with E-state index < -0.39 is 0 Å². The molecular formula is C14H11NO2. The van der Waals surface area contributed by atoms with Crippen molar-refractivity contribution in [1.29, 1.82) is 0 Å². The summed E-state index contributed by atoms with van der Waals surface area (Å²) in [4.78, 5) is 10.5. The van der Waals surface area contributed by atoms with E-state index in [1.165, 1.54) is 22.3 Å². The van der Waals surface area contributed by atoms with Crippen molar-refractivity contribution in [3.8, 4) is 11.1 Å². The molecule has 0 aromatic heterocycles. The van der Waals surface area contributed by atoms with Crippen molar-refractivity contribution >= 4 is 5.69 Å². The maximum Gasteiger partial charge on any atom is 0.270 e. The van der Waals surface area contributed by atoms with E-state index in [4.69, 9.17) is 0 Å². The lowest BCUT2D eigenvalue weighted by Crippen LogP contribution is -1.89. The van der Waals surface area contributed by atoms with Gasteiger partial charge in [-0.15, -0.1) is 0 Å². The van der Waals surface area contributed by atoms with Crippen LogP contribution in [0.1, 0.15) is 16.7 Å². The van der Waals surface area contributed by atoms with E-state index in [1.54, 1.807) is 12.1 Å². The zero-order chi connectivity index (χ0) is 12.0. The molecule has 0 atom stereocenters. The molecule has 0 amide bonds. The number of benzene rings is 2. The van der Waals surface area contributed by atoms with Crippen LogP contribution in [-0.4, -0.2) is 4.92 Å². The first-order chi connectivity index (χ1) is 8.16. The maximum atomic E-state index is 10.8. The molecule has 2 aromatic rings. The summed E-state index contributed by atoms with van der Waals surface area (Å²) < 4.78 is 0. The largest absolute Gasteiger partial charge is 0.270 e. The van der Waals surface area contributed by atoms with Gasteiger partial charge in [0.15, 0.2) is 0 Å². The minimum Gasteiger partial charge on any atom is -0.258 e. The van der Waals surface area contributed by atoms with Gasteiger partial charge in [-0.1, -0.05) is 24.3 Å². The molecular weight excluding hydrogens is 214 g/mol. The molecule has 0 bridgehead atoms. The molecule has 0 aliphatic heterocycles. The van der Waals surface area contributed by atoms with Gasteiger partial charge in [0, 0.05) is 12.1 Å². The number of hydrogen-bond acceptors (Lipinski definition) is 2. The van der Waals surface area contributed by atoms with Gasteiger partial charge in [0.25, 0.3) is 5.69 Å². The highest BCUT2D eigenvalue weighted by molar-refractivity contribution is 5.80. The lowest BCUT2D eigenvalue weighted by molar-refractivity contribution is -0.384.